The number of amides is 1. The number of carbonyl (C=O) groups is 1. The lowest BCUT2D eigenvalue weighted by atomic mass is 9.94. The lowest BCUT2D eigenvalue weighted by Crippen LogP contribution is -2.41. The number of aryl methyl sites for hydroxylation is 1. The zero-order valence-corrected chi connectivity index (χ0v) is 11.9. The molecule has 0 aliphatic heterocycles. The highest BCUT2D eigenvalue weighted by Gasteiger charge is 2.28. The van der Waals surface area contributed by atoms with Crippen LogP contribution in [0.3, 0.4) is 0 Å². The van der Waals surface area contributed by atoms with Gasteiger partial charge in [-0.2, -0.15) is 5.10 Å². The van der Waals surface area contributed by atoms with E-state index in [0.717, 1.165) is 5.82 Å². The highest BCUT2D eigenvalue weighted by atomic mass is 32.1. The Bertz CT molecular complexity index is 442. The van der Waals surface area contributed by atoms with Crippen LogP contribution in [0, 0.1) is 18.8 Å². The molecular formula is C11H19N5OS. The molecule has 1 unspecified atom stereocenters. The molecule has 7 heteroatoms. The summed E-state index contributed by atoms with van der Waals surface area (Å²) in [4.78, 5) is 18.2. The minimum Gasteiger partial charge on any atom is -0.393 e. The Morgan fingerprint density at radius 1 is 1.56 bits per heavy atom. The molecule has 3 N–H and O–H groups in total. The van der Waals surface area contributed by atoms with Crippen molar-refractivity contribution in [2.45, 2.75) is 27.3 Å². The van der Waals surface area contributed by atoms with Gasteiger partial charge in [0, 0.05) is 7.05 Å². The second-order valence-electron chi connectivity index (χ2n) is 4.66. The predicted molar refractivity (Wildman–Crippen MR) is 72.7 cm³/mol. The summed E-state index contributed by atoms with van der Waals surface area (Å²) >= 11 is 4.95. The SMILES string of the molecule is Cc1nc(CN(C)C(=O)C(C(N)=S)C(C)C)n[nH]1. The molecule has 1 amide bonds. The number of aromatic nitrogens is 3. The molecule has 0 saturated heterocycles. The summed E-state index contributed by atoms with van der Waals surface area (Å²) < 4.78 is 0. The number of aromatic amines is 1. The summed E-state index contributed by atoms with van der Waals surface area (Å²) in [5.41, 5.74) is 5.62. The molecule has 0 aromatic carbocycles. The van der Waals surface area contributed by atoms with Crippen LogP contribution in [-0.4, -0.2) is 38.0 Å². The third kappa shape index (κ3) is 3.49. The molecule has 1 heterocycles. The lowest BCUT2D eigenvalue weighted by molar-refractivity contribution is -0.133. The van der Waals surface area contributed by atoms with E-state index in [1.54, 1.807) is 11.9 Å². The number of hydrogen-bond donors (Lipinski definition) is 2. The summed E-state index contributed by atoms with van der Waals surface area (Å²) in [6.45, 7) is 6.00. The van der Waals surface area contributed by atoms with Crippen molar-refractivity contribution in [1.29, 1.82) is 0 Å². The fraction of sp³-hybridized carbons (Fsp3) is 0.636. The number of hydrogen-bond acceptors (Lipinski definition) is 4. The van der Waals surface area contributed by atoms with E-state index in [2.05, 4.69) is 15.2 Å². The van der Waals surface area contributed by atoms with E-state index in [-0.39, 0.29) is 16.8 Å². The summed E-state index contributed by atoms with van der Waals surface area (Å²) in [5.74, 6) is 0.839. The largest absolute Gasteiger partial charge is 0.393 e. The smallest absolute Gasteiger partial charge is 0.232 e. The van der Waals surface area contributed by atoms with Gasteiger partial charge in [0.25, 0.3) is 0 Å². The number of thiocarbonyl (C=S) groups is 1. The maximum atomic E-state index is 12.2. The van der Waals surface area contributed by atoms with Crippen molar-refractivity contribution < 1.29 is 4.79 Å². The van der Waals surface area contributed by atoms with Gasteiger partial charge in [-0.3, -0.25) is 9.89 Å². The lowest BCUT2D eigenvalue weighted by Gasteiger charge is -2.24. The van der Waals surface area contributed by atoms with Gasteiger partial charge in [0.1, 0.15) is 5.82 Å². The third-order valence-electron chi connectivity index (χ3n) is 2.64. The highest BCUT2D eigenvalue weighted by Crippen LogP contribution is 2.15. The van der Waals surface area contributed by atoms with E-state index in [9.17, 15) is 4.79 Å². The van der Waals surface area contributed by atoms with Crippen molar-refractivity contribution in [3.63, 3.8) is 0 Å². The van der Waals surface area contributed by atoms with E-state index >= 15 is 0 Å². The van der Waals surface area contributed by atoms with E-state index in [4.69, 9.17) is 18.0 Å². The minimum atomic E-state index is -0.440. The van der Waals surface area contributed by atoms with Crippen molar-refractivity contribution in [1.82, 2.24) is 20.1 Å². The van der Waals surface area contributed by atoms with E-state index in [0.29, 0.717) is 12.4 Å². The molecule has 0 radical (unpaired) electrons. The Morgan fingerprint density at radius 2 is 2.17 bits per heavy atom. The van der Waals surface area contributed by atoms with Crippen molar-refractivity contribution >= 4 is 23.1 Å². The van der Waals surface area contributed by atoms with Crippen LogP contribution < -0.4 is 5.73 Å². The molecule has 18 heavy (non-hydrogen) atoms. The predicted octanol–water partition coefficient (Wildman–Crippen LogP) is 0.630. The molecule has 0 spiro atoms. The molecule has 0 aliphatic carbocycles. The summed E-state index contributed by atoms with van der Waals surface area (Å²) in [6.07, 6.45) is 0. The van der Waals surface area contributed by atoms with Crippen molar-refractivity contribution in [3.8, 4) is 0 Å². The molecule has 0 saturated carbocycles. The van der Waals surface area contributed by atoms with Crippen LogP contribution in [0.4, 0.5) is 0 Å². The van der Waals surface area contributed by atoms with Gasteiger partial charge in [-0.25, -0.2) is 4.98 Å². The number of H-pyrrole nitrogens is 1. The monoisotopic (exact) mass is 269 g/mol. The maximum Gasteiger partial charge on any atom is 0.232 e. The maximum absolute atomic E-state index is 12.2. The van der Waals surface area contributed by atoms with Crippen LogP contribution in [0.1, 0.15) is 25.5 Å². The van der Waals surface area contributed by atoms with Gasteiger partial charge >= 0.3 is 0 Å². The fourth-order valence-corrected chi connectivity index (χ4v) is 2.10. The first kappa shape index (κ1) is 14.6. The molecule has 1 rings (SSSR count). The normalized spacial score (nSPS) is 12.5. The first-order chi connectivity index (χ1) is 8.32. The number of rotatable bonds is 5. The third-order valence-corrected chi connectivity index (χ3v) is 2.89. The van der Waals surface area contributed by atoms with E-state index in [1.165, 1.54) is 0 Å². The Morgan fingerprint density at radius 3 is 2.56 bits per heavy atom. The summed E-state index contributed by atoms with van der Waals surface area (Å²) in [5, 5.41) is 6.73. The molecule has 0 bridgehead atoms. The van der Waals surface area contributed by atoms with Crippen molar-refractivity contribution in [3.05, 3.63) is 11.6 Å². The second kappa shape index (κ2) is 5.90. The Labute approximate surface area is 112 Å². The van der Waals surface area contributed by atoms with Gasteiger partial charge in [-0.15, -0.1) is 0 Å². The number of nitrogens with two attached hydrogens (primary N) is 1. The van der Waals surface area contributed by atoms with Crippen molar-refractivity contribution in [2.75, 3.05) is 7.05 Å². The van der Waals surface area contributed by atoms with Crippen LogP contribution >= 0.6 is 12.2 Å². The Kier molecular flexibility index (Phi) is 4.77. The van der Waals surface area contributed by atoms with Crippen LogP contribution in [0.25, 0.3) is 0 Å². The molecule has 100 valence electrons. The molecule has 1 atom stereocenters. The molecular weight excluding hydrogens is 250 g/mol. The summed E-state index contributed by atoms with van der Waals surface area (Å²) in [6, 6.07) is 0. The minimum absolute atomic E-state index is 0.0753. The van der Waals surface area contributed by atoms with Crippen LogP contribution in [0.5, 0.6) is 0 Å². The average Bonchev–Trinajstić information content (AvgIpc) is 2.62. The average molecular weight is 269 g/mol. The van der Waals surface area contributed by atoms with Gasteiger partial charge in [-0.1, -0.05) is 26.1 Å². The summed E-state index contributed by atoms with van der Waals surface area (Å²) in [7, 11) is 1.70. The highest BCUT2D eigenvalue weighted by molar-refractivity contribution is 7.80. The molecule has 1 aromatic rings. The van der Waals surface area contributed by atoms with Gasteiger partial charge < -0.3 is 10.6 Å². The Balaban J connectivity index is 2.73. The molecule has 0 aliphatic rings. The quantitative estimate of drug-likeness (QED) is 0.765. The molecule has 1 aromatic heterocycles. The van der Waals surface area contributed by atoms with Crippen LogP contribution in [0.2, 0.25) is 0 Å². The van der Waals surface area contributed by atoms with Crippen LogP contribution in [0.15, 0.2) is 0 Å². The van der Waals surface area contributed by atoms with Gasteiger partial charge in [0.15, 0.2) is 5.82 Å². The molecule has 6 nitrogen and oxygen atoms in total. The molecule has 0 fully saturated rings. The number of carbonyl (C=O) groups excluding carboxylic acids is 1. The van der Waals surface area contributed by atoms with Gasteiger partial charge in [0.2, 0.25) is 5.91 Å². The first-order valence-corrected chi connectivity index (χ1v) is 6.16. The Hall–Kier alpha value is -1.50. The first-order valence-electron chi connectivity index (χ1n) is 5.75. The van der Waals surface area contributed by atoms with Crippen molar-refractivity contribution in [2.24, 2.45) is 17.6 Å². The van der Waals surface area contributed by atoms with Gasteiger partial charge in [-0.05, 0) is 12.8 Å². The standard InChI is InChI=1S/C11H19N5OS/c1-6(2)9(10(12)18)11(17)16(4)5-8-13-7(3)14-15-8/h6,9H,5H2,1-4H3,(H2,12,18)(H,13,14,15). The number of nitrogens with one attached hydrogen (secondary N) is 1. The van der Waals surface area contributed by atoms with Crippen LogP contribution in [-0.2, 0) is 11.3 Å². The zero-order valence-electron chi connectivity index (χ0n) is 11.1. The second-order valence-corrected chi connectivity index (χ2v) is 5.13. The number of nitrogens with zero attached hydrogens (tertiary/aromatic N) is 3. The van der Waals surface area contributed by atoms with E-state index in [1.807, 2.05) is 20.8 Å². The van der Waals surface area contributed by atoms with E-state index < -0.39 is 5.92 Å². The zero-order chi connectivity index (χ0) is 13.9. The topological polar surface area (TPSA) is 87.9 Å². The fourth-order valence-electron chi connectivity index (χ4n) is 1.72. The van der Waals surface area contributed by atoms with Gasteiger partial charge in [0.05, 0.1) is 17.5 Å².